The minimum Gasteiger partial charge on any atom is -0.0561 e. The Balaban J connectivity index is 2.20. The molecule has 0 aliphatic heterocycles. The summed E-state index contributed by atoms with van der Waals surface area (Å²) in [6.07, 6.45) is 3.42. The van der Waals surface area contributed by atoms with Gasteiger partial charge in [0, 0.05) is 0 Å². The number of fused-ring (bicyclic) bond motifs is 2. The van der Waals surface area contributed by atoms with Crippen molar-refractivity contribution in [2.24, 2.45) is 0 Å². The fourth-order valence-electron chi connectivity index (χ4n) is 4.48. The standard InChI is InChI=1S/C25H34/c1-16-11-18-15-19-12-17(2)14-23(25(6,7)8)21(19)10-9-20(18)22(13-16)24(3,4)5/h11-14H,9-10,15H2,1-8H3. The smallest absolute Gasteiger partial charge is 0.00199 e. The van der Waals surface area contributed by atoms with E-state index in [0.29, 0.717) is 0 Å². The summed E-state index contributed by atoms with van der Waals surface area (Å²) >= 11 is 0. The summed E-state index contributed by atoms with van der Waals surface area (Å²) in [7, 11) is 0. The van der Waals surface area contributed by atoms with E-state index in [2.05, 4.69) is 79.7 Å². The van der Waals surface area contributed by atoms with Gasteiger partial charge in [-0.25, -0.2) is 0 Å². The molecule has 0 radical (unpaired) electrons. The molecule has 2 aromatic rings. The highest BCUT2D eigenvalue weighted by molar-refractivity contribution is 5.51. The molecule has 0 bridgehead atoms. The Kier molecular flexibility index (Phi) is 4.38. The van der Waals surface area contributed by atoms with E-state index in [0.717, 1.165) is 6.42 Å². The highest BCUT2D eigenvalue weighted by Crippen LogP contribution is 2.37. The minimum atomic E-state index is 0.204. The first-order valence-electron chi connectivity index (χ1n) is 9.72. The summed E-state index contributed by atoms with van der Waals surface area (Å²) in [5.41, 5.74) is 12.6. The zero-order valence-corrected chi connectivity index (χ0v) is 17.4. The summed E-state index contributed by atoms with van der Waals surface area (Å²) < 4.78 is 0. The highest BCUT2D eigenvalue weighted by atomic mass is 14.3. The molecule has 0 N–H and O–H groups in total. The number of rotatable bonds is 0. The zero-order valence-electron chi connectivity index (χ0n) is 17.4. The molecule has 0 saturated carbocycles. The lowest BCUT2D eigenvalue weighted by Gasteiger charge is -2.26. The van der Waals surface area contributed by atoms with Crippen LogP contribution in [0.4, 0.5) is 0 Å². The molecule has 25 heavy (non-hydrogen) atoms. The Morgan fingerprint density at radius 2 is 0.960 bits per heavy atom. The second kappa shape index (κ2) is 6.01. The van der Waals surface area contributed by atoms with E-state index in [1.807, 2.05) is 0 Å². The monoisotopic (exact) mass is 334 g/mol. The van der Waals surface area contributed by atoms with Crippen LogP contribution in [0.15, 0.2) is 24.3 Å². The van der Waals surface area contributed by atoms with Crippen LogP contribution >= 0.6 is 0 Å². The summed E-state index contributed by atoms with van der Waals surface area (Å²) in [6, 6.07) is 9.70. The first-order valence-corrected chi connectivity index (χ1v) is 9.72. The van der Waals surface area contributed by atoms with Gasteiger partial charge >= 0.3 is 0 Å². The van der Waals surface area contributed by atoms with Crippen LogP contribution in [0, 0.1) is 13.8 Å². The fourth-order valence-corrected chi connectivity index (χ4v) is 4.48. The SMILES string of the molecule is Cc1cc2c(c(C(C)(C)C)c1)CCc1c(cc(C)cc1C(C)(C)C)C2. The second-order valence-electron chi connectivity index (χ2n) is 10.1. The van der Waals surface area contributed by atoms with Gasteiger partial charge in [-0.1, -0.05) is 76.9 Å². The number of hydrogen-bond donors (Lipinski definition) is 0. The average molecular weight is 335 g/mol. The molecule has 0 fully saturated rings. The quantitative estimate of drug-likeness (QED) is 0.510. The molecule has 0 nitrogen and oxygen atoms in total. The lowest BCUT2D eigenvalue weighted by molar-refractivity contribution is 0.575. The van der Waals surface area contributed by atoms with Crippen molar-refractivity contribution in [1.29, 1.82) is 0 Å². The van der Waals surface area contributed by atoms with Crippen molar-refractivity contribution in [2.45, 2.75) is 85.5 Å². The summed E-state index contributed by atoms with van der Waals surface area (Å²) in [4.78, 5) is 0. The van der Waals surface area contributed by atoms with Crippen molar-refractivity contribution in [2.75, 3.05) is 0 Å². The van der Waals surface area contributed by atoms with Crippen molar-refractivity contribution in [3.05, 3.63) is 68.8 Å². The fraction of sp³-hybridized carbons (Fsp3) is 0.520. The molecular formula is C25H34. The molecule has 0 amide bonds. The maximum Gasteiger partial charge on any atom is -0.00199 e. The molecule has 134 valence electrons. The van der Waals surface area contributed by atoms with E-state index in [9.17, 15) is 0 Å². The minimum absolute atomic E-state index is 0.204. The van der Waals surface area contributed by atoms with Crippen LogP contribution in [-0.4, -0.2) is 0 Å². The van der Waals surface area contributed by atoms with Gasteiger partial charge in [0.2, 0.25) is 0 Å². The molecule has 0 heteroatoms. The summed E-state index contributed by atoms with van der Waals surface area (Å²) in [6.45, 7) is 18.6. The van der Waals surface area contributed by atoms with Gasteiger partial charge in [0.1, 0.15) is 0 Å². The van der Waals surface area contributed by atoms with Gasteiger partial charge < -0.3 is 0 Å². The maximum absolute atomic E-state index is 2.43. The lowest BCUT2D eigenvalue weighted by Crippen LogP contribution is -2.17. The van der Waals surface area contributed by atoms with Crippen LogP contribution < -0.4 is 0 Å². The van der Waals surface area contributed by atoms with Crippen LogP contribution in [0.1, 0.15) is 86.1 Å². The molecule has 0 spiro atoms. The van der Waals surface area contributed by atoms with E-state index in [-0.39, 0.29) is 10.8 Å². The first-order chi connectivity index (χ1) is 11.5. The predicted octanol–water partition coefficient (Wildman–Crippen LogP) is 6.59. The molecule has 3 rings (SSSR count). The predicted molar refractivity (Wildman–Crippen MR) is 110 cm³/mol. The molecule has 2 aromatic carbocycles. The van der Waals surface area contributed by atoms with Crippen molar-refractivity contribution in [3.63, 3.8) is 0 Å². The van der Waals surface area contributed by atoms with E-state index in [1.165, 1.54) is 24.0 Å². The van der Waals surface area contributed by atoms with Gasteiger partial charge in [-0.2, -0.15) is 0 Å². The van der Waals surface area contributed by atoms with Crippen molar-refractivity contribution in [3.8, 4) is 0 Å². The Hall–Kier alpha value is -1.56. The second-order valence-corrected chi connectivity index (χ2v) is 10.1. The van der Waals surface area contributed by atoms with Crippen LogP contribution in [0.3, 0.4) is 0 Å². The third-order valence-electron chi connectivity index (χ3n) is 5.60. The molecule has 0 unspecified atom stereocenters. The van der Waals surface area contributed by atoms with E-state index in [4.69, 9.17) is 0 Å². The zero-order chi connectivity index (χ0) is 18.6. The molecule has 0 heterocycles. The number of hydrogen-bond acceptors (Lipinski definition) is 0. The van der Waals surface area contributed by atoms with Crippen LogP contribution in [-0.2, 0) is 30.1 Å². The van der Waals surface area contributed by atoms with E-state index >= 15 is 0 Å². The molecular weight excluding hydrogens is 300 g/mol. The van der Waals surface area contributed by atoms with Gasteiger partial charge in [0.25, 0.3) is 0 Å². The van der Waals surface area contributed by atoms with Gasteiger partial charge in [0.05, 0.1) is 0 Å². The Morgan fingerprint density at radius 3 is 1.28 bits per heavy atom. The third-order valence-corrected chi connectivity index (χ3v) is 5.60. The Morgan fingerprint density at radius 1 is 0.600 bits per heavy atom. The third kappa shape index (κ3) is 3.54. The van der Waals surface area contributed by atoms with Gasteiger partial charge in [-0.05, 0) is 77.3 Å². The summed E-state index contributed by atoms with van der Waals surface area (Å²) in [5.74, 6) is 0. The maximum atomic E-state index is 2.43. The van der Waals surface area contributed by atoms with Crippen LogP contribution in [0.25, 0.3) is 0 Å². The molecule has 0 atom stereocenters. The van der Waals surface area contributed by atoms with Crippen molar-refractivity contribution < 1.29 is 0 Å². The summed E-state index contributed by atoms with van der Waals surface area (Å²) in [5, 5.41) is 0. The molecule has 1 aliphatic carbocycles. The Bertz CT molecular complexity index is 738. The van der Waals surface area contributed by atoms with Crippen LogP contribution in [0.5, 0.6) is 0 Å². The van der Waals surface area contributed by atoms with Crippen molar-refractivity contribution in [1.82, 2.24) is 0 Å². The van der Waals surface area contributed by atoms with Gasteiger partial charge in [0.15, 0.2) is 0 Å². The first kappa shape index (κ1) is 18.2. The van der Waals surface area contributed by atoms with E-state index < -0.39 is 0 Å². The highest BCUT2D eigenvalue weighted by Gasteiger charge is 2.26. The Labute approximate surface area is 154 Å². The van der Waals surface area contributed by atoms with Crippen LogP contribution in [0.2, 0.25) is 0 Å². The number of benzene rings is 2. The lowest BCUT2D eigenvalue weighted by atomic mass is 9.79. The molecule has 0 saturated heterocycles. The van der Waals surface area contributed by atoms with E-state index in [1.54, 1.807) is 33.4 Å². The van der Waals surface area contributed by atoms with Gasteiger partial charge in [-0.15, -0.1) is 0 Å². The normalized spacial score (nSPS) is 14.7. The molecule has 1 aliphatic rings. The van der Waals surface area contributed by atoms with Crippen molar-refractivity contribution >= 4 is 0 Å². The van der Waals surface area contributed by atoms with Gasteiger partial charge in [-0.3, -0.25) is 0 Å². The largest absolute Gasteiger partial charge is 0.0561 e. The topological polar surface area (TPSA) is 0 Å². The molecule has 0 aromatic heterocycles. The average Bonchev–Trinajstić information content (AvgIpc) is 2.61. The number of aryl methyl sites for hydroxylation is 2.